The Bertz CT molecular complexity index is 823. The lowest BCUT2D eigenvalue weighted by Gasteiger charge is -2.40. The Morgan fingerprint density at radius 1 is 1.19 bits per heavy atom. The first-order chi connectivity index (χ1) is 12.3. The highest BCUT2D eigenvalue weighted by atomic mass is 35.5. The molecule has 3 rings (SSSR count). The van der Waals surface area contributed by atoms with Gasteiger partial charge in [-0.1, -0.05) is 11.6 Å². The van der Waals surface area contributed by atoms with Crippen LogP contribution >= 0.6 is 11.6 Å². The van der Waals surface area contributed by atoms with Gasteiger partial charge in [-0.05, 0) is 55.0 Å². The van der Waals surface area contributed by atoms with Gasteiger partial charge in [-0.15, -0.1) is 0 Å². The lowest BCUT2D eigenvalue weighted by molar-refractivity contribution is 0.111. The van der Waals surface area contributed by atoms with Crippen LogP contribution in [0.2, 0.25) is 5.02 Å². The maximum absolute atomic E-state index is 13.6. The molecule has 2 aliphatic rings. The molecule has 8 heteroatoms. The molecule has 0 saturated carbocycles. The van der Waals surface area contributed by atoms with Crippen LogP contribution in [0.25, 0.3) is 0 Å². The van der Waals surface area contributed by atoms with E-state index in [0.29, 0.717) is 17.9 Å². The van der Waals surface area contributed by atoms with E-state index in [2.05, 4.69) is 0 Å². The Kier molecular flexibility index (Phi) is 5.81. The van der Waals surface area contributed by atoms with Gasteiger partial charge >= 0.3 is 0 Å². The fourth-order valence-corrected chi connectivity index (χ4v) is 5.47. The van der Waals surface area contributed by atoms with Crippen LogP contribution in [0.3, 0.4) is 0 Å². The molecular formula is C18H20ClF2NO3S. The molecule has 1 aliphatic carbocycles. The zero-order chi connectivity index (χ0) is 18.9. The normalized spacial score (nSPS) is 27.8. The number of hydrogen-bond acceptors (Lipinski definition) is 3. The van der Waals surface area contributed by atoms with E-state index in [9.17, 15) is 22.3 Å². The van der Waals surface area contributed by atoms with Gasteiger partial charge in [0.1, 0.15) is 11.7 Å². The van der Waals surface area contributed by atoms with Crippen molar-refractivity contribution in [2.45, 2.75) is 30.2 Å². The quantitative estimate of drug-likeness (QED) is 0.831. The molecule has 142 valence electrons. The Balaban J connectivity index is 1.86. The summed E-state index contributed by atoms with van der Waals surface area (Å²) in [5.74, 6) is -1.78. The number of aliphatic hydroxyl groups excluding tert-OH is 1. The number of sulfonamides is 1. The summed E-state index contributed by atoms with van der Waals surface area (Å²) in [6.45, 7) is -0.194. The van der Waals surface area contributed by atoms with Crippen molar-refractivity contribution in [2.24, 2.45) is 11.8 Å². The van der Waals surface area contributed by atoms with E-state index in [4.69, 9.17) is 11.6 Å². The molecule has 26 heavy (non-hydrogen) atoms. The third-order valence-corrected chi connectivity index (χ3v) is 7.21. The second-order valence-electron chi connectivity index (χ2n) is 6.71. The fraction of sp³-hybridized carbons (Fsp3) is 0.444. The molecule has 0 aromatic heterocycles. The Morgan fingerprint density at radius 3 is 2.50 bits per heavy atom. The van der Waals surface area contributed by atoms with E-state index in [1.807, 2.05) is 0 Å². The average Bonchev–Trinajstić information content (AvgIpc) is 2.60. The molecular weight excluding hydrogens is 384 g/mol. The average molecular weight is 404 g/mol. The summed E-state index contributed by atoms with van der Waals surface area (Å²) in [6, 6.07) is 5.26. The predicted octanol–water partition coefficient (Wildman–Crippen LogP) is 3.83. The highest BCUT2D eigenvalue weighted by Crippen LogP contribution is 2.37. The zero-order valence-corrected chi connectivity index (χ0v) is 15.6. The molecule has 1 aromatic carbocycles. The summed E-state index contributed by atoms with van der Waals surface area (Å²) in [6.07, 6.45) is 3.32. The van der Waals surface area contributed by atoms with Crippen LogP contribution in [0.1, 0.15) is 19.3 Å². The molecule has 1 unspecified atom stereocenters. The van der Waals surface area contributed by atoms with Gasteiger partial charge in [-0.25, -0.2) is 17.2 Å². The summed E-state index contributed by atoms with van der Waals surface area (Å²) in [5.41, 5.74) is 0. The van der Waals surface area contributed by atoms with Crippen molar-refractivity contribution in [3.8, 4) is 0 Å². The van der Waals surface area contributed by atoms with Gasteiger partial charge in [0.2, 0.25) is 10.0 Å². The Labute approximate surface area is 156 Å². The van der Waals surface area contributed by atoms with Crippen LogP contribution in [0.4, 0.5) is 8.78 Å². The van der Waals surface area contributed by atoms with E-state index in [1.165, 1.54) is 34.6 Å². The molecule has 0 radical (unpaired) electrons. The first kappa shape index (κ1) is 19.5. The Morgan fingerprint density at radius 2 is 1.88 bits per heavy atom. The van der Waals surface area contributed by atoms with Gasteiger partial charge in [0.25, 0.3) is 0 Å². The van der Waals surface area contributed by atoms with Crippen LogP contribution in [0, 0.1) is 11.8 Å². The molecule has 1 fully saturated rings. The van der Waals surface area contributed by atoms with Gasteiger partial charge in [0, 0.05) is 30.1 Å². The van der Waals surface area contributed by atoms with Gasteiger partial charge in [0.15, 0.2) is 0 Å². The summed E-state index contributed by atoms with van der Waals surface area (Å²) < 4.78 is 54.5. The van der Waals surface area contributed by atoms with Crippen LogP contribution in [-0.4, -0.2) is 37.0 Å². The van der Waals surface area contributed by atoms with Crippen LogP contribution in [0.5, 0.6) is 0 Å². The second kappa shape index (κ2) is 7.76. The minimum absolute atomic E-state index is 0.0662. The number of hydrogen-bond donors (Lipinski definition) is 1. The standard InChI is InChI=1S/C18H20ClF2NO3S/c19-14-2-5-18(6-3-14)26(24,25)22-10-12(1-4-17(22)11-23)13-7-15(20)9-16(21)8-13/h2-3,5-7,9,12-13,17,23H,1,4,8,10-11H2/t12-,13?,17-/m1/s1. The van der Waals surface area contributed by atoms with E-state index in [0.717, 1.165) is 6.08 Å². The fourth-order valence-electron chi connectivity index (χ4n) is 3.64. The molecule has 0 bridgehead atoms. The van der Waals surface area contributed by atoms with E-state index in [-0.39, 0.29) is 30.4 Å². The smallest absolute Gasteiger partial charge is 0.243 e. The molecule has 0 spiro atoms. The number of piperidine rings is 1. The maximum atomic E-state index is 13.6. The summed E-state index contributed by atoms with van der Waals surface area (Å²) in [4.78, 5) is 0.0810. The molecule has 1 aromatic rings. The highest BCUT2D eigenvalue weighted by molar-refractivity contribution is 7.89. The Hall–Kier alpha value is -1.28. The van der Waals surface area contributed by atoms with E-state index in [1.54, 1.807) is 0 Å². The minimum Gasteiger partial charge on any atom is -0.395 e. The first-order valence-corrected chi connectivity index (χ1v) is 10.2. The highest BCUT2D eigenvalue weighted by Gasteiger charge is 2.39. The third kappa shape index (κ3) is 4.01. The number of nitrogens with zero attached hydrogens (tertiary/aromatic N) is 1. The summed E-state index contributed by atoms with van der Waals surface area (Å²) in [5, 5.41) is 10.0. The summed E-state index contributed by atoms with van der Waals surface area (Å²) in [7, 11) is -3.85. The van der Waals surface area contributed by atoms with Crippen molar-refractivity contribution in [3.05, 3.63) is 53.1 Å². The number of aliphatic hydroxyl groups is 1. The second-order valence-corrected chi connectivity index (χ2v) is 9.04. The topological polar surface area (TPSA) is 57.6 Å². The number of rotatable bonds is 4. The third-order valence-electron chi connectivity index (χ3n) is 5.03. The SMILES string of the molecule is O=S(=O)(c1ccc(Cl)cc1)N1C[C@H](C2C=C(F)C=C(F)C2)CC[C@@H]1CO. The minimum atomic E-state index is -3.85. The first-order valence-electron chi connectivity index (χ1n) is 8.43. The van der Waals surface area contributed by atoms with Crippen molar-refractivity contribution in [2.75, 3.05) is 13.2 Å². The summed E-state index contributed by atoms with van der Waals surface area (Å²) >= 11 is 5.82. The number of benzene rings is 1. The maximum Gasteiger partial charge on any atom is 0.243 e. The monoisotopic (exact) mass is 403 g/mol. The van der Waals surface area contributed by atoms with Gasteiger partial charge in [-0.3, -0.25) is 0 Å². The largest absolute Gasteiger partial charge is 0.395 e. The molecule has 1 N–H and O–H groups in total. The van der Waals surface area contributed by atoms with Crippen molar-refractivity contribution in [1.29, 1.82) is 0 Å². The van der Waals surface area contributed by atoms with Crippen molar-refractivity contribution >= 4 is 21.6 Å². The van der Waals surface area contributed by atoms with Crippen molar-refractivity contribution in [1.82, 2.24) is 4.31 Å². The molecule has 1 heterocycles. The number of halogens is 3. The van der Waals surface area contributed by atoms with Gasteiger partial charge < -0.3 is 5.11 Å². The molecule has 1 aliphatic heterocycles. The molecule has 1 saturated heterocycles. The van der Waals surface area contributed by atoms with Crippen molar-refractivity contribution < 1.29 is 22.3 Å². The number of allylic oxidation sites excluding steroid dienone is 4. The molecule has 4 nitrogen and oxygen atoms in total. The zero-order valence-electron chi connectivity index (χ0n) is 14.0. The van der Waals surface area contributed by atoms with Crippen LogP contribution in [-0.2, 0) is 10.0 Å². The predicted molar refractivity (Wildman–Crippen MR) is 95.4 cm³/mol. The van der Waals surface area contributed by atoms with Gasteiger partial charge in [-0.2, -0.15) is 4.31 Å². The van der Waals surface area contributed by atoms with E-state index < -0.39 is 33.6 Å². The van der Waals surface area contributed by atoms with Crippen LogP contribution in [0.15, 0.2) is 53.0 Å². The van der Waals surface area contributed by atoms with Crippen molar-refractivity contribution in [3.63, 3.8) is 0 Å². The molecule has 0 amide bonds. The van der Waals surface area contributed by atoms with Gasteiger partial charge in [0.05, 0.1) is 11.5 Å². The lowest BCUT2D eigenvalue weighted by atomic mass is 9.80. The molecule has 3 atom stereocenters. The van der Waals surface area contributed by atoms with Crippen LogP contribution < -0.4 is 0 Å². The van der Waals surface area contributed by atoms with E-state index >= 15 is 0 Å². The lowest BCUT2D eigenvalue weighted by Crippen LogP contribution is -2.49.